The summed E-state index contributed by atoms with van der Waals surface area (Å²) in [7, 11) is 0. The average molecular weight is 401 g/mol. The number of aliphatic carboxylic acids is 1. The van der Waals surface area contributed by atoms with Crippen molar-refractivity contribution in [3.05, 3.63) is 71.6 Å². The summed E-state index contributed by atoms with van der Waals surface area (Å²) in [5, 5.41) is 20.3. The molecule has 3 aromatic rings. The third-order valence-corrected chi connectivity index (χ3v) is 6.74. The van der Waals surface area contributed by atoms with Gasteiger partial charge >= 0.3 is 5.97 Å². The number of hydrogen-bond donors (Lipinski definition) is 1. The molecule has 0 radical (unpaired) electrons. The summed E-state index contributed by atoms with van der Waals surface area (Å²) in [4.78, 5) is 15.8. The lowest BCUT2D eigenvalue weighted by molar-refractivity contribution is -0.136. The van der Waals surface area contributed by atoms with Crippen molar-refractivity contribution in [2.24, 2.45) is 0 Å². The molecule has 4 nitrogen and oxygen atoms in total. The predicted molar refractivity (Wildman–Crippen MR) is 118 cm³/mol. The molecule has 4 rings (SSSR count). The first kappa shape index (κ1) is 19.2. The maximum atomic E-state index is 11.4. The van der Waals surface area contributed by atoms with Crippen LogP contribution in [0.5, 0.6) is 0 Å². The highest BCUT2D eigenvalue weighted by atomic mass is 32.2. The van der Waals surface area contributed by atoms with Gasteiger partial charge in [0.25, 0.3) is 0 Å². The summed E-state index contributed by atoms with van der Waals surface area (Å²) in [6.07, 6.45) is 8.57. The standard InChI is InChI=1S/C24H20N2O2S/c1-15(23(27)28)29-24(2)10-9-17-13-26-14-22(21(17)11-24)20-8-7-16(12-25)18-5-3-4-6-19(18)20/h3-10,13-15H,11H2,1-2H3,(H,27,28). The normalized spacial score (nSPS) is 18.8. The fourth-order valence-corrected chi connectivity index (χ4v) is 5.20. The van der Waals surface area contributed by atoms with Crippen molar-refractivity contribution in [3.8, 4) is 17.2 Å². The molecule has 0 aliphatic heterocycles. The summed E-state index contributed by atoms with van der Waals surface area (Å²) < 4.78 is -0.316. The first-order valence-corrected chi connectivity index (χ1v) is 10.3. The Morgan fingerprint density at radius 2 is 1.97 bits per heavy atom. The number of pyridine rings is 1. The van der Waals surface area contributed by atoms with Crippen LogP contribution < -0.4 is 0 Å². The number of nitrogens with zero attached hydrogens (tertiary/aromatic N) is 2. The zero-order valence-corrected chi connectivity index (χ0v) is 17.0. The van der Waals surface area contributed by atoms with Crippen molar-refractivity contribution < 1.29 is 9.90 Å². The van der Waals surface area contributed by atoms with Crippen molar-refractivity contribution in [1.82, 2.24) is 4.98 Å². The van der Waals surface area contributed by atoms with Gasteiger partial charge in [-0.1, -0.05) is 42.5 Å². The predicted octanol–water partition coefficient (Wildman–Crippen LogP) is 5.31. The zero-order chi connectivity index (χ0) is 20.6. The monoisotopic (exact) mass is 400 g/mol. The van der Waals surface area contributed by atoms with Crippen LogP contribution in [-0.2, 0) is 11.2 Å². The van der Waals surface area contributed by atoms with Crippen LogP contribution in [0.25, 0.3) is 28.0 Å². The lowest BCUT2D eigenvalue weighted by Crippen LogP contribution is -2.29. The number of aromatic nitrogens is 1. The minimum absolute atomic E-state index is 0.316. The zero-order valence-electron chi connectivity index (χ0n) is 16.2. The Morgan fingerprint density at radius 3 is 2.69 bits per heavy atom. The average Bonchev–Trinajstić information content (AvgIpc) is 2.72. The molecule has 0 amide bonds. The van der Waals surface area contributed by atoms with Crippen LogP contribution in [-0.4, -0.2) is 26.1 Å². The second-order valence-electron chi connectivity index (χ2n) is 7.49. The number of rotatable bonds is 4. The van der Waals surface area contributed by atoms with Gasteiger partial charge in [0.2, 0.25) is 0 Å². The molecular formula is C24H20N2O2S. The van der Waals surface area contributed by atoms with Gasteiger partial charge in [-0.25, -0.2) is 0 Å². The lowest BCUT2D eigenvalue weighted by Gasteiger charge is -2.32. The van der Waals surface area contributed by atoms with Crippen molar-refractivity contribution in [1.29, 1.82) is 5.26 Å². The van der Waals surface area contributed by atoms with E-state index in [1.807, 2.05) is 54.9 Å². The van der Waals surface area contributed by atoms with Gasteiger partial charge in [-0.2, -0.15) is 5.26 Å². The molecule has 1 N–H and O–H groups in total. The topological polar surface area (TPSA) is 74.0 Å². The highest BCUT2D eigenvalue weighted by Gasteiger charge is 2.32. The van der Waals surface area contributed by atoms with E-state index in [1.54, 1.807) is 6.92 Å². The fraction of sp³-hybridized carbons (Fsp3) is 0.208. The Labute approximate surface area is 173 Å². The molecule has 5 heteroatoms. The molecule has 0 spiro atoms. The SMILES string of the molecule is CC(SC1(C)C=Cc2cncc(-c3ccc(C#N)c4ccccc34)c2C1)C(=O)O. The van der Waals surface area contributed by atoms with Crippen molar-refractivity contribution in [2.45, 2.75) is 30.3 Å². The molecule has 1 aromatic heterocycles. The Bertz CT molecular complexity index is 1200. The summed E-state index contributed by atoms with van der Waals surface area (Å²) in [5.74, 6) is -0.802. The molecule has 2 aromatic carbocycles. The van der Waals surface area contributed by atoms with Gasteiger partial charge in [-0.15, -0.1) is 11.8 Å². The number of nitriles is 1. The van der Waals surface area contributed by atoms with Gasteiger partial charge < -0.3 is 5.11 Å². The van der Waals surface area contributed by atoms with E-state index >= 15 is 0 Å². The number of carbonyl (C=O) groups is 1. The van der Waals surface area contributed by atoms with Crippen molar-refractivity contribution >= 4 is 34.6 Å². The highest BCUT2D eigenvalue weighted by molar-refractivity contribution is 8.02. The van der Waals surface area contributed by atoms with Gasteiger partial charge in [0.05, 0.1) is 11.6 Å². The van der Waals surface area contributed by atoms with E-state index in [1.165, 1.54) is 11.8 Å². The van der Waals surface area contributed by atoms with E-state index in [9.17, 15) is 15.2 Å². The van der Waals surface area contributed by atoms with E-state index in [0.717, 1.165) is 33.0 Å². The number of benzene rings is 2. The molecule has 144 valence electrons. The number of hydrogen-bond acceptors (Lipinski definition) is 4. The molecule has 1 aliphatic rings. The van der Waals surface area contributed by atoms with Gasteiger partial charge in [-0.05, 0) is 48.4 Å². The Kier molecular flexibility index (Phi) is 4.89. The first-order chi connectivity index (χ1) is 13.9. The Hall–Kier alpha value is -3.10. The van der Waals surface area contributed by atoms with E-state index < -0.39 is 11.2 Å². The van der Waals surface area contributed by atoms with Crippen LogP contribution in [0.15, 0.2) is 54.9 Å². The van der Waals surface area contributed by atoms with E-state index in [-0.39, 0.29) is 4.75 Å². The van der Waals surface area contributed by atoms with Crippen LogP contribution in [0, 0.1) is 11.3 Å². The maximum absolute atomic E-state index is 11.4. The smallest absolute Gasteiger partial charge is 0.316 e. The largest absolute Gasteiger partial charge is 0.480 e. The summed E-state index contributed by atoms with van der Waals surface area (Å²) in [5.41, 5.74) is 4.93. The minimum Gasteiger partial charge on any atom is -0.480 e. The number of carboxylic acids is 1. The highest BCUT2D eigenvalue weighted by Crippen LogP contribution is 2.42. The Morgan fingerprint density at radius 1 is 1.21 bits per heavy atom. The van der Waals surface area contributed by atoms with Crippen LogP contribution in [0.2, 0.25) is 0 Å². The van der Waals surface area contributed by atoms with Crippen molar-refractivity contribution in [3.63, 3.8) is 0 Å². The molecule has 0 saturated heterocycles. The molecule has 1 heterocycles. The van der Waals surface area contributed by atoms with Gasteiger partial charge in [0, 0.05) is 28.1 Å². The summed E-state index contributed by atoms with van der Waals surface area (Å²) in [6, 6.07) is 14.0. The molecule has 2 atom stereocenters. The summed E-state index contributed by atoms with van der Waals surface area (Å²) >= 11 is 1.46. The third kappa shape index (κ3) is 3.52. The lowest BCUT2D eigenvalue weighted by atomic mass is 9.85. The van der Waals surface area contributed by atoms with E-state index in [4.69, 9.17) is 0 Å². The molecule has 0 saturated carbocycles. The number of carboxylic acid groups (broad SMARTS) is 1. The number of fused-ring (bicyclic) bond motifs is 2. The molecular weight excluding hydrogens is 380 g/mol. The Balaban J connectivity index is 1.85. The maximum Gasteiger partial charge on any atom is 0.316 e. The van der Waals surface area contributed by atoms with Crippen LogP contribution in [0.3, 0.4) is 0 Å². The minimum atomic E-state index is -0.802. The third-order valence-electron chi connectivity index (χ3n) is 5.36. The quantitative estimate of drug-likeness (QED) is 0.643. The second-order valence-corrected chi connectivity index (χ2v) is 9.37. The van der Waals surface area contributed by atoms with Gasteiger partial charge in [-0.3, -0.25) is 9.78 Å². The van der Waals surface area contributed by atoms with E-state index in [2.05, 4.69) is 24.1 Å². The van der Waals surface area contributed by atoms with Gasteiger partial charge in [0.1, 0.15) is 5.25 Å². The van der Waals surface area contributed by atoms with Crippen LogP contribution in [0.4, 0.5) is 0 Å². The van der Waals surface area contributed by atoms with E-state index in [0.29, 0.717) is 12.0 Å². The molecule has 2 unspecified atom stereocenters. The van der Waals surface area contributed by atoms with Crippen molar-refractivity contribution in [2.75, 3.05) is 0 Å². The molecule has 1 aliphatic carbocycles. The number of thioether (sulfide) groups is 1. The molecule has 0 bridgehead atoms. The second kappa shape index (κ2) is 7.38. The summed E-state index contributed by atoms with van der Waals surface area (Å²) in [6.45, 7) is 3.81. The fourth-order valence-electron chi connectivity index (χ4n) is 3.92. The molecule has 0 fully saturated rings. The van der Waals surface area contributed by atoms with Gasteiger partial charge in [0.15, 0.2) is 0 Å². The molecule has 29 heavy (non-hydrogen) atoms. The van der Waals surface area contributed by atoms with Crippen LogP contribution in [0.1, 0.15) is 30.5 Å². The first-order valence-electron chi connectivity index (χ1n) is 9.41. The van der Waals surface area contributed by atoms with Crippen LogP contribution >= 0.6 is 11.8 Å².